The van der Waals surface area contributed by atoms with Gasteiger partial charge in [-0.3, -0.25) is 19.2 Å². The number of nitrogens with zero attached hydrogens (tertiary/aromatic N) is 5. The van der Waals surface area contributed by atoms with Crippen molar-refractivity contribution in [2.75, 3.05) is 32.7 Å². The molecule has 0 aliphatic carbocycles. The van der Waals surface area contributed by atoms with Crippen LogP contribution < -0.4 is 5.32 Å². The van der Waals surface area contributed by atoms with Crippen molar-refractivity contribution in [3.05, 3.63) is 22.3 Å². The Morgan fingerprint density at radius 3 is 2.50 bits per heavy atom. The van der Waals surface area contributed by atoms with Gasteiger partial charge in [-0.25, -0.2) is 4.68 Å². The maximum Gasteiger partial charge on any atom is 0.234 e. The molecule has 1 saturated heterocycles. The SMILES string of the molecule is CCn1c(-c2cccs2)nn(CN2CCN(CC(=O)NC(C)(C)C)CC2)c1=S. The van der Waals surface area contributed by atoms with Gasteiger partial charge in [-0.05, 0) is 51.4 Å². The molecule has 0 aromatic carbocycles. The second kappa shape index (κ2) is 8.86. The average molecular weight is 423 g/mol. The Labute approximate surface area is 175 Å². The first kappa shape index (κ1) is 21.2. The van der Waals surface area contributed by atoms with E-state index in [9.17, 15) is 4.79 Å². The van der Waals surface area contributed by atoms with Crippen molar-refractivity contribution < 1.29 is 4.79 Å². The maximum absolute atomic E-state index is 12.1. The van der Waals surface area contributed by atoms with Crippen molar-refractivity contribution in [2.24, 2.45) is 0 Å². The number of nitrogens with one attached hydrogen (secondary N) is 1. The molecule has 0 unspecified atom stereocenters. The fourth-order valence-electron chi connectivity index (χ4n) is 3.35. The summed E-state index contributed by atoms with van der Waals surface area (Å²) in [6, 6.07) is 4.12. The van der Waals surface area contributed by atoms with Gasteiger partial charge >= 0.3 is 0 Å². The second-order valence-corrected chi connectivity index (χ2v) is 9.47. The van der Waals surface area contributed by atoms with Crippen LogP contribution >= 0.6 is 23.6 Å². The fraction of sp³-hybridized carbons (Fsp3) is 0.632. The molecule has 7 nitrogen and oxygen atoms in total. The monoisotopic (exact) mass is 422 g/mol. The van der Waals surface area contributed by atoms with E-state index in [2.05, 4.69) is 38.1 Å². The molecule has 0 radical (unpaired) electrons. The molecule has 1 amide bonds. The van der Waals surface area contributed by atoms with Crippen LogP contribution in [0.4, 0.5) is 0 Å². The maximum atomic E-state index is 12.1. The van der Waals surface area contributed by atoms with E-state index in [0.29, 0.717) is 13.2 Å². The van der Waals surface area contributed by atoms with Gasteiger partial charge in [0.1, 0.15) is 0 Å². The smallest absolute Gasteiger partial charge is 0.234 e. The van der Waals surface area contributed by atoms with Gasteiger partial charge in [0.25, 0.3) is 0 Å². The van der Waals surface area contributed by atoms with E-state index >= 15 is 0 Å². The van der Waals surface area contributed by atoms with Crippen LogP contribution in [0.15, 0.2) is 17.5 Å². The number of carbonyl (C=O) groups is 1. The molecule has 154 valence electrons. The molecule has 0 atom stereocenters. The first-order chi connectivity index (χ1) is 13.3. The molecule has 1 N–H and O–H groups in total. The summed E-state index contributed by atoms with van der Waals surface area (Å²) in [6.07, 6.45) is 0. The Hall–Kier alpha value is -1.55. The van der Waals surface area contributed by atoms with Crippen LogP contribution in [0.25, 0.3) is 10.7 Å². The lowest BCUT2D eigenvalue weighted by atomic mass is 10.1. The van der Waals surface area contributed by atoms with Crippen molar-refractivity contribution in [2.45, 2.75) is 46.4 Å². The third kappa shape index (κ3) is 5.28. The summed E-state index contributed by atoms with van der Waals surface area (Å²) in [6.45, 7) is 13.6. The Balaban J connectivity index is 1.58. The fourth-order valence-corrected chi connectivity index (χ4v) is 4.38. The number of aromatic nitrogens is 3. The molecular weight excluding hydrogens is 392 g/mol. The minimum atomic E-state index is -0.187. The predicted molar refractivity (Wildman–Crippen MR) is 116 cm³/mol. The van der Waals surface area contributed by atoms with Crippen molar-refractivity contribution in [3.63, 3.8) is 0 Å². The lowest BCUT2D eigenvalue weighted by Crippen LogP contribution is -2.51. The molecule has 0 bridgehead atoms. The van der Waals surface area contributed by atoms with Gasteiger partial charge < -0.3 is 5.32 Å². The van der Waals surface area contributed by atoms with Crippen LogP contribution in [0.3, 0.4) is 0 Å². The second-order valence-electron chi connectivity index (χ2n) is 8.16. The molecule has 0 spiro atoms. The Bertz CT molecular complexity index is 841. The summed E-state index contributed by atoms with van der Waals surface area (Å²) in [4.78, 5) is 17.8. The summed E-state index contributed by atoms with van der Waals surface area (Å²) < 4.78 is 4.78. The zero-order valence-electron chi connectivity index (χ0n) is 17.1. The number of hydrogen-bond donors (Lipinski definition) is 1. The van der Waals surface area contributed by atoms with Gasteiger partial charge in [0, 0.05) is 38.3 Å². The third-order valence-corrected chi connectivity index (χ3v) is 5.96. The first-order valence-corrected chi connectivity index (χ1v) is 11.0. The van der Waals surface area contributed by atoms with Gasteiger partial charge in [0.15, 0.2) is 10.6 Å². The van der Waals surface area contributed by atoms with E-state index in [0.717, 1.165) is 48.2 Å². The van der Waals surface area contributed by atoms with E-state index in [1.54, 1.807) is 11.3 Å². The van der Waals surface area contributed by atoms with Crippen LogP contribution in [0.2, 0.25) is 0 Å². The number of piperazine rings is 1. The number of rotatable bonds is 6. The summed E-state index contributed by atoms with van der Waals surface area (Å²) in [5.74, 6) is 1.03. The average Bonchev–Trinajstić information content (AvgIpc) is 3.23. The molecule has 0 saturated carbocycles. The summed E-state index contributed by atoms with van der Waals surface area (Å²) in [7, 11) is 0. The molecule has 2 aromatic heterocycles. The zero-order chi connectivity index (χ0) is 20.3. The molecule has 1 fully saturated rings. The van der Waals surface area contributed by atoms with E-state index in [1.807, 2.05) is 31.5 Å². The van der Waals surface area contributed by atoms with Gasteiger partial charge in [-0.2, -0.15) is 0 Å². The highest BCUT2D eigenvalue weighted by atomic mass is 32.1. The largest absolute Gasteiger partial charge is 0.350 e. The number of thiophene rings is 1. The summed E-state index contributed by atoms with van der Waals surface area (Å²) >= 11 is 7.35. The van der Waals surface area contributed by atoms with Crippen LogP contribution in [-0.4, -0.2) is 68.3 Å². The van der Waals surface area contributed by atoms with Gasteiger partial charge in [-0.1, -0.05) is 6.07 Å². The minimum Gasteiger partial charge on any atom is -0.350 e. The van der Waals surface area contributed by atoms with Gasteiger partial charge in [0.2, 0.25) is 5.91 Å². The Morgan fingerprint density at radius 1 is 1.25 bits per heavy atom. The Morgan fingerprint density at radius 2 is 1.93 bits per heavy atom. The Kier molecular flexibility index (Phi) is 6.69. The number of carbonyl (C=O) groups excluding carboxylic acids is 1. The highest BCUT2D eigenvalue weighted by molar-refractivity contribution is 7.71. The minimum absolute atomic E-state index is 0.0884. The van der Waals surface area contributed by atoms with Crippen molar-refractivity contribution in [3.8, 4) is 10.7 Å². The van der Waals surface area contributed by atoms with Gasteiger partial charge in [0.05, 0.1) is 18.1 Å². The highest BCUT2D eigenvalue weighted by Gasteiger charge is 2.22. The van der Waals surface area contributed by atoms with Crippen LogP contribution in [0.1, 0.15) is 27.7 Å². The molecule has 3 rings (SSSR count). The molecule has 28 heavy (non-hydrogen) atoms. The van der Waals surface area contributed by atoms with Crippen molar-refractivity contribution in [1.29, 1.82) is 0 Å². The normalized spacial score (nSPS) is 16.4. The van der Waals surface area contributed by atoms with Crippen LogP contribution in [0, 0.1) is 4.77 Å². The van der Waals surface area contributed by atoms with Crippen LogP contribution in [0.5, 0.6) is 0 Å². The third-order valence-electron chi connectivity index (χ3n) is 4.66. The van der Waals surface area contributed by atoms with Crippen LogP contribution in [-0.2, 0) is 18.0 Å². The quantitative estimate of drug-likeness (QED) is 0.726. The predicted octanol–water partition coefficient (Wildman–Crippen LogP) is 2.65. The molecular formula is C19H30N6OS2. The standard InChI is InChI=1S/C19H30N6OS2/c1-5-24-17(15-7-6-12-28-15)21-25(18(24)27)14-23-10-8-22(9-11-23)13-16(26)20-19(2,3)4/h6-7,12H,5,8-11,13-14H2,1-4H3,(H,20,26). The number of hydrogen-bond acceptors (Lipinski definition) is 6. The summed E-state index contributed by atoms with van der Waals surface area (Å²) in [5.41, 5.74) is -0.187. The lowest BCUT2D eigenvalue weighted by molar-refractivity contribution is -0.124. The topological polar surface area (TPSA) is 58.3 Å². The highest BCUT2D eigenvalue weighted by Crippen LogP contribution is 2.23. The molecule has 9 heteroatoms. The van der Waals surface area contributed by atoms with E-state index in [-0.39, 0.29) is 11.4 Å². The lowest BCUT2D eigenvalue weighted by Gasteiger charge is -2.34. The number of amides is 1. The molecule has 3 heterocycles. The molecule has 1 aliphatic heterocycles. The van der Waals surface area contributed by atoms with Crippen molar-refractivity contribution in [1.82, 2.24) is 29.5 Å². The van der Waals surface area contributed by atoms with Gasteiger partial charge in [-0.15, -0.1) is 16.4 Å². The summed E-state index contributed by atoms with van der Waals surface area (Å²) in [5, 5.41) is 9.88. The molecule has 2 aromatic rings. The first-order valence-electron chi connectivity index (χ1n) is 9.74. The van der Waals surface area contributed by atoms with E-state index in [4.69, 9.17) is 17.3 Å². The molecule has 1 aliphatic rings. The zero-order valence-corrected chi connectivity index (χ0v) is 18.8. The van der Waals surface area contributed by atoms with Crippen molar-refractivity contribution >= 4 is 29.5 Å². The van der Waals surface area contributed by atoms with E-state index in [1.165, 1.54) is 0 Å². The van der Waals surface area contributed by atoms with E-state index < -0.39 is 0 Å².